The van der Waals surface area contributed by atoms with Crippen LogP contribution in [0.4, 0.5) is 0 Å². The van der Waals surface area contributed by atoms with E-state index >= 15 is 0 Å². The van der Waals surface area contributed by atoms with E-state index < -0.39 is 11.9 Å². The molecule has 1 aromatic carbocycles. The number of ketones is 1. The first-order valence-corrected chi connectivity index (χ1v) is 14.5. The Hall–Kier alpha value is -3.28. The van der Waals surface area contributed by atoms with E-state index in [1.54, 1.807) is 19.1 Å². The first-order valence-electron chi connectivity index (χ1n) is 12.8. The van der Waals surface area contributed by atoms with E-state index in [0.29, 0.717) is 65.4 Å². The fourth-order valence-electron chi connectivity index (χ4n) is 5.16. The van der Waals surface area contributed by atoms with Crippen LogP contribution < -0.4 is 9.47 Å². The van der Waals surface area contributed by atoms with Crippen molar-refractivity contribution in [2.75, 3.05) is 7.11 Å². The molecule has 0 N–H and O–H groups in total. The number of hydrogen-bond acceptors (Lipinski definition) is 11. The SMILES string of the molecule is COC(=O)C1CCC(C(=O)Oc2ccc(OC(=O)C3CCC(C(C)=O)CC3)c3c2SC(=C(C#N)C#N)S3)CC1. The molecule has 39 heavy (non-hydrogen) atoms. The second-order valence-electron chi connectivity index (χ2n) is 9.88. The Bertz CT molecular complexity index is 1280. The highest BCUT2D eigenvalue weighted by Gasteiger charge is 2.35. The quantitative estimate of drug-likeness (QED) is 0.249. The fourth-order valence-corrected chi connectivity index (χ4v) is 7.64. The molecule has 0 amide bonds. The molecule has 3 aliphatic rings. The highest BCUT2D eigenvalue weighted by molar-refractivity contribution is 8.24. The molecule has 2 saturated carbocycles. The minimum atomic E-state index is -0.420. The molecular formula is C28H28N2O7S2. The first-order chi connectivity index (χ1) is 18.7. The summed E-state index contributed by atoms with van der Waals surface area (Å²) in [4.78, 5) is 50.5. The van der Waals surface area contributed by atoms with Gasteiger partial charge in [-0.15, -0.1) is 0 Å². The van der Waals surface area contributed by atoms with Crippen LogP contribution in [0.1, 0.15) is 58.3 Å². The monoisotopic (exact) mass is 568 g/mol. The largest absolute Gasteiger partial charge is 0.469 e. The molecule has 0 saturated heterocycles. The van der Waals surface area contributed by atoms with Crippen LogP contribution in [-0.2, 0) is 23.9 Å². The van der Waals surface area contributed by atoms with Gasteiger partial charge in [0.1, 0.15) is 35.0 Å². The summed E-state index contributed by atoms with van der Waals surface area (Å²) in [5.74, 6) is -1.34. The highest BCUT2D eigenvalue weighted by Crippen LogP contribution is 2.59. The Morgan fingerprint density at radius 2 is 1.10 bits per heavy atom. The van der Waals surface area contributed by atoms with Gasteiger partial charge < -0.3 is 14.2 Å². The summed E-state index contributed by atoms with van der Waals surface area (Å²) in [5.41, 5.74) is -0.0839. The number of hydrogen-bond donors (Lipinski definition) is 0. The Balaban J connectivity index is 1.51. The third-order valence-electron chi connectivity index (χ3n) is 7.51. The lowest BCUT2D eigenvalue weighted by atomic mass is 9.80. The zero-order valence-corrected chi connectivity index (χ0v) is 23.3. The predicted molar refractivity (Wildman–Crippen MR) is 141 cm³/mol. The number of esters is 3. The van der Waals surface area contributed by atoms with Crippen molar-refractivity contribution in [1.82, 2.24) is 0 Å². The summed E-state index contributed by atoms with van der Waals surface area (Å²) < 4.78 is 16.8. The molecule has 4 rings (SSSR count). The van der Waals surface area contributed by atoms with Gasteiger partial charge in [0.05, 0.1) is 38.9 Å². The summed E-state index contributed by atoms with van der Waals surface area (Å²) >= 11 is 2.26. The normalized spacial score (nSPS) is 23.9. The average molecular weight is 569 g/mol. The van der Waals surface area contributed by atoms with Crippen LogP contribution in [0.25, 0.3) is 0 Å². The third-order valence-corrected chi connectivity index (χ3v) is 10.1. The maximum atomic E-state index is 13.0. The first kappa shape index (κ1) is 28.7. The van der Waals surface area contributed by atoms with Crippen molar-refractivity contribution in [3.05, 3.63) is 21.9 Å². The molecule has 0 spiro atoms. The van der Waals surface area contributed by atoms with E-state index in [0.717, 1.165) is 23.5 Å². The van der Waals surface area contributed by atoms with Crippen LogP contribution >= 0.6 is 23.5 Å². The number of thioether (sulfide) groups is 2. The van der Waals surface area contributed by atoms with E-state index in [9.17, 15) is 29.7 Å². The van der Waals surface area contributed by atoms with Crippen molar-refractivity contribution in [3.8, 4) is 23.6 Å². The average Bonchev–Trinajstić information content (AvgIpc) is 3.40. The van der Waals surface area contributed by atoms with Gasteiger partial charge >= 0.3 is 17.9 Å². The molecular weight excluding hydrogens is 540 g/mol. The number of nitrogens with zero attached hydrogens (tertiary/aromatic N) is 2. The van der Waals surface area contributed by atoms with Crippen molar-refractivity contribution >= 4 is 47.2 Å². The number of Topliss-reactive ketones (excluding diaryl/α,β-unsaturated/α-hetero) is 1. The predicted octanol–water partition coefficient (Wildman–Crippen LogP) is 5.33. The van der Waals surface area contributed by atoms with Gasteiger partial charge in [0.2, 0.25) is 0 Å². The molecule has 0 radical (unpaired) electrons. The number of fused-ring (bicyclic) bond motifs is 1. The summed E-state index contributed by atoms with van der Waals surface area (Å²) in [7, 11) is 1.35. The Kier molecular flexibility index (Phi) is 9.36. The zero-order valence-electron chi connectivity index (χ0n) is 21.7. The van der Waals surface area contributed by atoms with Crippen LogP contribution in [0, 0.1) is 46.3 Å². The van der Waals surface area contributed by atoms with E-state index in [2.05, 4.69) is 0 Å². The molecule has 0 bridgehead atoms. The van der Waals surface area contributed by atoms with Crippen LogP contribution in [0.5, 0.6) is 11.5 Å². The molecule has 0 atom stereocenters. The Labute approximate surface area is 235 Å². The van der Waals surface area contributed by atoms with Crippen LogP contribution in [0.15, 0.2) is 31.7 Å². The number of ether oxygens (including phenoxy) is 3. The number of rotatable bonds is 6. The van der Waals surface area contributed by atoms with Gasteiger partial charge in [0.25, 0.3) is 0 Å². The maximum Gasteiger partial charge on any atom is 0.314 e. The van der Waals surface area contributed by atoms with Crippen LogP contribution in [0.2, 0.25) is 0 Å². The second kappa shape index (κ2) is 12.7. The van der Waals surface area contributed by atoms with E-state index in [-0.39, 0.29) is 52.5 Å². The molecule has 0 aromatic heterocycles. The number of benzene rings is 1. The van der Waals surface area contributed by atoms with Gasteiger partial charge in [0.15, 0.2) is 0 Å². The van der Waals surface area contributed by atoms with Crippen LogP contribution in [0.3, 0.4) is 0 Å². The molecule has 0 unspecified atom stereocenters. The van der Waals surface area contributed by atoms with Gasteiger partial charge in [-0.2, -0.15) is 10.5 Å². The Morgan fingerprint density at radius 3 is 1.46 bits per heavy atom. The van der Waals surface area contributed by atoms with E-state index in [1.807, 2.05) is 12.1 Å². The lowest BCUT2D eigenvalue weighted by Crippen LogP contribution is -2.29. The van der Waals surface area contributed by atoms with Crippen LogP contribution in [-0.4, -0.2) is 30.8 Å². The smallest absolute Gasteiger partial charge is 0.314 e. The molecule has 9 nitrogen and oxygen atoms in total. The zero-order chi connectivity index (χ0) is 28.1. The third kappa shape index (κ3) is 6.48. The minimum absolute atomic E-state index is 0.0159. The number of carbonyl (C=O) groups excluding carboxylic acids is 4. The molecule has 2 fully saturated rings. The number of methoxy groups -OCH3 is 1. The maximum absolute atomic E-state index is 13.0. The fraction of sp³-hybridized carbons (Fsp3) is 0.500. The van der Waals surface area contributed by atoms with Crippen molar-refractivity contribution in [3.63, 3.8) is 0 Å². The lowest BCUT2D eigenvalue weighted by molar-refractivity contribution is -0.149. The van der Waals surface area contributed by atoms with E-state index in [1.165, 1.54) is 7.11 Å². The van der Waals surface area contributed by atoms with Gasteiger partial charge in [-0.25, -0.2) is 0 Å². The van der Waals surface area contributed by atoms with Gasteiger partial charge in [0, 0.05) is 5.92 Å². The molecule has 11 heteroatoms. The number of allylic oxidation sites excluding steroid dienone is 1. The van der Waals surface area contributed by atoms with Crippen molar-refractivity contribution in [2.45, 2.75) is 68.1 Å². The summed E-state index contributed by atoms with van der Waals surface area (Å²) in [6.45, 7) is 1.57. The van der Waals surface area contributed by atoms with Gasteiger partial charge in [-0.1, -0.05) is 23.5 Å². The molecule has 204 valence electrons. The Morgan fingerprint density at radius 1 is 0.718 bits per heavy atom. The summed E-state index contributed by atoms with van der Waals surface area (Å²) in [6, 6.07) is 6.88. The molecule has 1 aromatic rings. The van der Waals surface area contributed by atoms with Crippen molar-refractivity contribution < 1.29 is 33.4 Å². The number of carbonyl (C=O) groups is 4. The summed E-state index contributed by atoms with van der Waals surface area (Å²) in [6.07, 6.45) is 4.52. The van der Waals surface area contributed by atoms with E-state index in [4.69, 9.17) is 14.2 Å². The summed E-state index contributed by atoms with van der Waals surface area (Å²) in [5, 5.41) is 18.8. The van der Waals surface area contributed by atoms with Gasteiger partial charge in [-0.3, -0.25) is 19.2 Å². The standard InChI is InChI=1S/C28H28N2O7S2/c1-15(31)16-3-5-18(6-4-16)26(33)36-21-11-12-22(24-23(21)38-28(39-24)20(13-29)14-30)37-27(34)19-9-7-17(8-10-19)25(32)35-2/h11-12,16-19H,3-10H2,1-2H3. The number of nitriles is 2. The minimum Gasteiger partial charge on any atom is -0.469 e. The van der Waals surface area contributed by atoms with Gasteiger partial charge in [-0.05, 0) is 70.4 Å². The topological polar surface area (TPSA) is 144 Å². The molecule has 1 heterocycles. The lowest BCUT2D eigenvalue weighted by Gasteiger charge is -2.26. The van der Waals surface area contributed by atoms with Crippen molar-refractivity contribution in [2.24, 2.45) is 23.7 Å². The molecule has 2 aliphatic carbocycles. The molecule has 1 aliphatic heterocycles. The highest BCUT2D eigenvalue weighted by atomic mass is 32.2. The second-order valence-corrected chi connectivity index (χ2v) is 12.2. The van der Waals surface area contributed by atoms with Crippen molar-refractivity contribution in [1.29, 1.82) is 10.5 Å².